The molecule has 2 aromatic rings. The lowest BCUT2D eigenvalue weighted by molar-refractivity contribution is -0.192. The summed E-state index contributed by atoms with van der Waals surface area (Å²) >= 11 is 2.51. The van der Waals surface area contributed by atoms with Crippen LogP contribution in [-0.2, 0) is 27.2 Å². The van der Waals surface area contributed by atoms with E-state index >= 15 is 0 Å². The van der Waals surface area contributed by atoms with Gasteiger partial charge in [0, 0.05) is 17.1 Å². The minimum absolute atomic E-state index is 0.257. The SMILES string of the molecule is C=Cc1ccccc1C[C@]1(OCOC)CCC(C)=C(I)[C@]1(C)COCc1ccccc1. The van der Waals surface area contributed by atoms with E-state index in [0.717, 1.165) is 24.8 Å². The van der Waals surface area contributed by atoms with Crippen molar-refractivity contribution in [1.82, 2.24) is 0 Å². The van der Waals surface area contributed by atoms with E-state index in [-0.39, 0.29) is 12.2 Å². The number of methoxy groups -OCH3 is 1. The van der Waals surface area contributed by atoms with E-state index in [1.807, 2.05) is 24.3 Å². The molecule has 3 nitrogen and oxygen atoms in total. The molecule has 0 saturated carbocycles. The molecule has 1 aliphatic carbocycles. The molecule has 0 saturated heterocycles. The third kappa shape index (κ3) is 5.30. The van der Waals surface area contributed by atoms with E-state index in [1.54, 1.807) is 7.11 Å². The number of hydrogen-bond acceptors (Lipinski definition) is 3. The molecule has 4 heteroatoms. The van der Waals surface area contributed by atoms with Gasteiger partial charge in [0.2, 0.25) is 0 Å². The Morgan fingerprint density at radius 2 is 1.81 bits per heavy atom. The van der Waals surface area contributed by atoms with Crippen LogP contribution in [0.15, 0.2) is 70.3 Å². The van der Waals surface area contributed by atoms with Crippen LogP contribution in [0.3, 0.4) is 0 Å². The highest BCUT2D eigenvalue weighted by Crippen LogP contribution is 2.54. The zero-order valence-corrected chi connectivity index (χ0v) is 21.0. The van der Waals surface area contributed by atoms with Crippen LogP contribution in [-0.4, -0.2) is 26.1 Å². The molecule has 31 heavy (non-hydrogen) atoms. The number of ether oxygens (including phenoxy) is 3. The lowest BCUT2D eigenvalue weighted by atomic mass is 9.63. The van der Waals surface area contributed by atoms with Gasteiger partial charge in [0.1, 0.15) is 6.79 Å². The molecule has 0 N–H and O–H groups in total. The van der Waals surface area contributed by atoms with Crippen molar-refractivity contribution in [3.8, 4) is 0 Å². The highest BCUT2D eigenvalue weighted by molar-refractivity contribution is 14.1. The van der Waals surface area contributed by atoms with Gasteiger partial charge in [-0.3, -0.25) is 0 Å². The summed E-state index contributed by atoms with van der Waals surface area (Å²) in [6, 6.07) is 18.8. The first-order chi connectivity index (χ1) is 15.0. The summed E-state index contributed by atoms with van der Waals surface area (Å²) in [7, 11) is 1.68. The van der Waals surface area contributed by atoms with Gasteiger partial charge < -0.3 is 14.2 Å². The number of benzene rings is 2. The molecule has 0 heterocycles. The zero-order valence-electron chi connectivity index (χ0n) is 18.8. The van der Waals surface area contributed by atoms with E-state index in [1.165, 1.54) is 20.3 Å². The maximum atomic E-state index is 6.58. The molecule has 0 aliphatic heterocycles. The molecule has 0 spiro atoms. The monoisotopic (exact) mass is 532 g/mol. The summed E-state index contributed by atoms with van der Waals surface area (Å²) in [5.74, 6) is 0. The topological polar surface area (TPSA) is 27.7 Å². The molecular formula is C27H33IO3. The van der Waals surface area contributed by atoms with E-state index in [2.05, 4.69) is 79.4 Å². The summed E-state index contributed by atoms with van der Waals surface area (Å²) in [6.07, 6.45) is 4.64. The van der Waals surface area contributed by atoms with E-state index < -0.39 is 5.60 Å². The van der Waals surface area contributed by atoms with Gasteiger partial charge in [0.05, 0.1) is 24.2 Å². The van der Waals surface area contributed by atoms with Crippen LogP contribution in [0, 0.1) is 5.41 Å². The molecule has 1 aliphatic rings. The summed E-state index contributed by atoms with van der Waals surface area (Å²) in [6.45, 7) is 9.96. The summed E-state index contributed by atoms with van der Waals surface area (Å²) < 4.78 is 19.6. The molecule has 0 unspecified atom stereocenters. The van der Waals surface area contributed by atoms with Crippen molar-refractivity contribution in [1.29, 1.82) is 0 Å². The second kappa shape index (κ2) is 10.9. The Labute approximate surface area is 200 Å². The van der Waals surface area contributed by atoms with Gasteiger partial charge >= 0.3 is 0 Å². The van der Waals surface area contributed by atoms with Gasteiger partial charge in [-0.15, -0.1) is 0 Å². The van der Waals surface area contributed by atoms with E-state index in [4.69, 9.17) is 14.2 Å². The summed E-state index contributed by atoms with van der Waals surface area (Å²) in [4.78, 5) is 0. The van der Waals surface area contributed by atoms with Crippen LogP contribution in [0.25, 0.3) is 6.08 Å². The second-order valence-corrected chi connectivity index (χ2v) is 9.61. The van der Waals surface area contributed by atoms with Crippen molar-refractivity contribution < 1.29 is 14.2 Å². The lowest BCUT2D eigenvalue weighted by Gasteiger charge is -2.52. The molecule has 0 fully saturated rings. The molecule has 2 atom stereocenters. The second-order valence-electron chi connectivity index (χ2n) is 8.53. The van der Waals surface area contributed by atoms with Gasteiger partial charge in [-0.25, -0.2) is 0 Å². The van der Waals surface area contributed by atoms with E-state index in [9.17, 15) is 0 Å². The van der Waals surface area contributed by atoms with Crippen LogP contribution in [0.2, 0.25) is 0 Å². The standard InChI is InChI=1S/C27H33IO3/c1-5-23-13-9-10-14-24(23)17-27(31-20-29-4)16-15-21(2)25(28)26(27,3)19-30-18-22-11-7-6-8-12-22/h5-14H,1,15-20H2,2-4H3/t26-,27+/m0/s1. The van der Waals surface area contributed by atoms with Crippen LogP contribution in [0.1, 0.15) is 43.4 Å². The smallest absolute Gasteiger partial charge is 0.147 e. The van der Waals surface area contributed by atoms with Crippen molar-refractivity contribution >= 4 is 28.7 Å². The number of hydrogen-bond donors (Lipinski definition) is 0. The first-order valence-corrected chi connectivity index (χ1v) is 11.8. The van der Waals surface area contributed by atoms with Crippen molar-refractivity contribution in [3.05, 3.63) is 87.0 Å². The summed E-state index contributed by atoms with van der Waals surface area (Å²) in [5, 5.41) is 0. The number of halogens is 1. The molecule has 0 bridgehead atoms. The molecule has 0 aromatic heterocycles. The quantitative estimate of drug-likeness (QED) is 0.245. The molecular weight excluding hydrogens is 499 g/mol. The Morgan fingerprint density at radius 1 is 1.10 bits per heavy atom. The average Bonchev–Trinajstić information content (AvgIpc) is 2.80. The van der Waals surface area contributed by atoms with Crippen LogP contribution < -0.4 is 0 Å². The molecule has 0 amide bonds. The fraction of sp³-hybridized carbons (Fsp3) is 0.407. The molecule has 0 radical (unpaired) electrons. The van der Waals surface area contributed by atoms with E-state index in [0.29, 0.717) is 13.2 Å². The van der Waals surface area contributed by atoms with Gasteiger partial charge in [-0.2, -0.15) is 0 Å². The Morgan fingerprint density at radius 3 is 2.52 bits per heavy atom. The molecule has 2 aromatic carbocycles. The average molecular weight is 532 g/mol. The first-order valence-electron chi connectivity index (χ1n) is 10.8. The Kier molecular flexibility index (Phi) is 8.50. The third-order valence-electron chi connectivity index (χ3n) is 6.47. The summed E-state index contributed by atoms with van der Waals surface area (Å²) in [5.41, 5.74) is 4.26. The van der Waals surface area contributed by atoms with Crippen LogP contribution >= 0.6 is 22.6 Å². The highest BCUT2D eigenvalue weighted by atomic mass is 127. The normalized spacial score (nSPS) is 23.7. The zero-order chi connectivity index (χ0) is 22.3. The largest absolute Gasteiger partial charge is 0.376 e. The van der Waals surface area contributed by atoms with Gasteiger partial charge in [0.25, 0.3) is 0 Å². The highest BCUT2D eigenvalue weighted by Gasteiger charge is 2.53. The number of rotatable bonds is 10. The third-order valence-corrected chi connectivity index (χ3v) is 8.59. The predicted molar refractivity (Wildman–Crippen MR) is 136 cm³/mol. The van der Waals surface area contributed by atoms with Gasteiger partial charge in [-0.05, 0) is 59.0 Å². The Bertz CT molecular complexity index is 908. The Balaban J connectivity index is 1.96. The van der Waals surface area contributed by atoms with Crippen molar-refractivity contribution in [2.24, 2.45) is 5.41 Å². The van der Waals surface area contributed by atoms with Gasteiger partial charge in [0.15, 0.2) is 0 Å². The lowest BCUT2D eigenvalue weighted by Crippen LogP contribution is -2.55. The molecule has 166 valence electrons. The van der Waals surface area contributed by atoms with Gasteiger partial charge in [-0.1, -0.05) is 79.7 Å². The van der Waals surface area contributed by atoms with Crippen LogP contribution in [0.4, 0.5) is 0 Å². The number of allylic oxidation sites excluding steroid dienone is 1. The molecule has 3 rings (SSSR count). The van der Waals surface area contributed by atoms with Crippen molar-refractivity contribution in [3.63, 3.8) is 0 Å². The van der Waals surface area contributed by atoms with Crippen molar-refractivity contribution in [2.75, 3.05) is 20.5 Å². The predicted octanol–water partition coefficient (Wildman–Crippen LogP) is 6.96. The first kappa shape index (κ1) is 24.2. The fourth-order valence-electron chi connectivity index (χ4n) is 4.53. The maximum Gasteiger partial charge on any atom is 0.147 e. The fourth-order valence-corrected chi connectivity index (χ4v) is 5.44. The maximum absolute atomic E-state index is 6.58. The minimum atomic E-state index is -0.436. The Hall–Kier alpha value is -1.47. The minimum Gasteiger partial charge on any atom is -0.376 e. The van der Waals surface area contributed by atoms with Crippen LogP contribution in [0.5, 0.6) is 0 Å². The van der Waals surface area contributed by atoms with Crippen molar-refractivity contribution in [2.45, 2.75) is 45.3 Å².